The van der Waals surface area contributed by atoms with Crippen LogP contribution in [0.4, 0.5) is 0 Å². The average molecular weight is 281 g/mol. The Balaban J connectivity index is 2.89. The molecule has 2 unspecified atom stereocenters. The Bertz CT molecular complexity index is 395. The summed E-state index contributed by atoms with van der Waals surface area (Å²) in [6.45, 7) is 7.82. The summed E-state index contributed by atoms with van der Waals surface area (Å²) in [7, 11) is 3.33. The third kappa shape index (κ3) is 4.69. The number of hydrogen-bond acceptors (Lipinski definition) is 4. The molecule has 1 N–H and O–H groups in total. The minimum atomic E-state index is 0.120. The summed E-state index contributed by atoms with van der Waals surface area (Å²) in [4.78, 5) is 0. The lowest BCUT2D eigenvalue weighted by Crippen LogP contribution is -2.27. The van der Waals surface area contributed by atoms with E-state index in [1.54, 1.807) is 14.2 Å². The van der Waals surface area contributed by atoms with Gasteiger partial charge in [0.25, 0.3) is 0 Å². The second-order valence-electron chi connectivity index (χ2n) is 4.77. The van der Waals surface area contributed by atoms with Gasteiger partial charge in [0, 0.05) is 11.6 Å². The maximum Gasteiger partial charge on any atom is 0.127 e. The predicted octanol–water partition coefficient (Wildman–Crippen LogP) is 3.17. The van der Waals surface area contributed by atoms with Crippen molar-refractivity contribution < 1.29 is 14.2 Å². The third-order valence-electron chi connectivity index (χ3n) is 3.39. The standard InChI is InChI=1S/C16H27NO3/c1-6-12(3)20-11-15(17-7-2)14-9-8-13(18-4)10-16(14)19-5/h8-10,12,15,17H,6-7,11H2,1-5H3. The Labute approximate surface area is 122 Å². The van der Waals surface area contributed by atoms with Crippen molar-refractivity contribution in [3.8, 4) is 11.5 Å². The molecule has 1 rings (SSSR count). The Hall–Kier alpha value is -1.26. The fraction of sp³-hybridized carbons (Fsp3) is 0.625. The Morgan fingerprint density at radius 2 is 1.90 bits per heavy atom. The molecule has 0 heterocycles. The van der Waals surface area contributed by atoms with Crippen molar-refractivity contribution in [2.45, 2.75) is 39.3 Å². The van der Waals surface area contributed by atoms with Crippen LogP contribution in [0.5, 0.6) is 11.5 Å². The lowest BCUT2D eigenvalue weighted by molar-refractivity contribution is 0.0472. The largest absolute Gasteiger partial charge is 0.497 e. The fourth-order valence-corrected chi connectivity index (χ4v) is 1.99. The van der Waals surface area contributed by atoms with E-state index in [9.17, 15) is 0 Å². The van der Waals surface area contributed by atoms with Gasteiger partial charge in [-0.3, -0.25) is 0 Å². The van der Waals surface area contributed by atoms with Crippen molar-refractivity contribution >= 4 is 0 Å². The van der Waals surface area contributed by atoms with E-state index in [0.29, 0.717) is 6.61 Å². The second kappa shape index (κ2) is 8.82. The summed E-state index contributed by atoms with van der Waals surface area (Å²) in [5.74, 6) is 1.62. The molecule has 0 aliphatic carbocycles. The Kier molecular flexibility index (Phi) is 7.41. The van der Waals surface area contributed by atoms with Crippen molar-refractivity contribution in [2.75, 3.05) is 27.4 Å². The first kappa shape index (κ1) is 16.8. The highest BCUT2D eigenvalue weighted by Crippen LogP contribution is 2.29. The molecule has 0 amide bonds. The van der Waals surface area contributed by atoms with Crippen LogP contribution in [0.2, 0.25) is 0 Å². The Morgan fingerprint density at radius 1 is 1.15 bits per heavy atom. The maximum absolute atomic E-state index is 5.87. The Morgan fingerprint density at radius 3 is 2.45 bits per heavy atom. The van der Waals surface area contributed by atoms with Gasteiger partial charge in [-0.2, -0.15) is 0 Å². The maximum atomic E-state index is 5.87. The minimum absolute atomic E-state index is 0.120. The van der Waals surface area contributed by atoms with Gasteiger partial charge in [0.05, 0.1) is 33.0 Å². The molecule has 0 aliphatic rings. The molecule has 1 aromatic carbocycles. The number of likely N-dealkylation sites (N-methyl/N-ethyl adjacent to an activating group) is 1. The highest BCUT2D eigenvalue weighted by atomic mass is 16.5. The smallest absolute Gasteiger partial charge is 0.127 e. The molecule has 4 heteroatoms. The molecule has 4 nitrogen and oxygen atoms in total. The minimum Gasteiger partial charge on any atom is -0.497 e. The SMILES string of the molecule is CCNC(COC(C)CC)c1ccc(OC)cc1OC. The van der Waals surface area contributed by atoms with E-state index in [1.807, 2.05) is 18.2 Å². The van der Waals surface area contributed by atoms with Crippen molar-refractivity contribution in [2.24, 2.45) is 0 Å². The quantitative estimate of drug-likeness (QED) is 0.754. The first-order valence-electron chi connectivity index (χ1n) is 7.23. The number of nitrogens with one attached hydrogen (secondary N) is 1. The van der Waals surface area contributed by atoms with Crippen LogP contribution in [0.1, 0.15) is 38.8 Å². The summed E-state index contributed by atoms with van der Waals surface area (Å²) < 4.78 is 16.6. The van der Waals surface area contributed by atoms with Gasteiger partial charge in [-0.25, -0.2) is 0 Å². The number of hydrogen-bond donors (Lipinski definition) is 1. The van der Waals surface area contributed by atoms with Crippen LogP contribution >= 0.6 is 0 Å². The van der Waals surface area contributed by atoms with Gasteiger partial charge in [-0.15, -0.1) is 0 Å². The van der Waals surface area contributed by atoms with E-state index < -0.39 is 0 Å². The van der Waals surface area contributed by atoms with Crippen LogP contribution in [-0.2, 0) is 4.74 Å². The predicted molar refractivity (Wildman–Crippen MR) is 81.7 cm³/mol. The number of rotatable bonds is 9. The van der Waals surface area contributed by atoms with Gasteiger partial charge in [-0.1, -0.05) is 13.8 Å². The van der Waals surface area contributed by atoms with Gasteiger partial charge in [0.2, 0.25) is 0 Å². The monoisotopic (exact) mass is 281 g/mol. The highest BCUT2D eigenvalue weighted by Gasteiger charge is 2.17. The molecular weight excluding hydrogens is 254 g/mol. The molecule has 0 aliphatic heterocycles. The summed E-state index contributed by atoms with van der Waals surface area (Å²) in [5, 5.41) is 3.44. The molecule has 0 saturated carbocycles. The van der Waals surface area contributed by atoms with Gasteiger partial charge in [0.15, 0.2) is 0 Å². The fourth-order valence-electron chi connectivity index (χ4n) is 1.99. The summed E-state index contributed by atoms with van der Waals surface area (Å²) in [6, 6.07) is 6.01. The van der Waals surface area contributed by atoms with E-state index in [1.165, 1.54) is 0 Å². The number of benzene rings is 1. The molecule has 20 heavy (non-hydrogen) atoms. The van der Waals surface area contributed by atoms with E-state index >= 15 is 0 Å². The zero-order chi connectivity index (χ0) is 15.0. The first-order valence-corrected chi connectivity index (χ1v) is 7.23. The molecule has 1 aromatic rings. The second-order valence-corrected chi connectivity index (χ2v) is 4.77. The molecule has 114 valence electrons. The molecule has 0 spiro atoms. The summed E-state index contributed by atoms with van der Waals surface area (Å²) in [6.07, 6.45) is 1.28. The van der Waals surface area contributed by atoms with Crippen molar-refractivity contribution in [1.29, 1.82) is 0 Å². The first-order chi connectivity index (χ1) is 9.65. The van der Waals surface area contributed by atoms with Crippen molar-refractivity contribution in [1.82, 2.24) is 5.32 Å². The molecule has 2 atom stereocenters. The zero-order valence-electron chi connectivity index (χ0n) is 13.2. The topological polar surface area (TPSA) is 39.7 Å². The van der Waals surface area contributed by atoms with Crippen molar-refractivity contribution in [3.05, 3.63) is 23.8 Å². The van der Waals surface area contributed by atoms with Crippen LogP contribution in [0, 0.1) is 0 Å². The molecule has 0 saturated heterocycles. The summed E-state index contributed by atoms with van der Waals surface area (Å²) in [5.41, 5.74) is 1.10. The van der Waals surface area contributed by atoms with Gasteiger partial charge in [-0.05, 0) is 32.0 Å². The zero-order valence-corrected chi connectivity index (χ0v) is 13.2. The highest BCUT2D eigenvalue weighted by molar-refractivity contribution is 5.42. The third-order valence-corrected chi connectivity index (χ3v) is 3.39. The molecule has 0 bridgehead atoms. The van der Waals surface area contributed by atoms with Crippen LogP contribution in [0.15, 0.2) is 18.2 Å². The van der Waals surface area contributed by atoms with E-state index in [4.69, 9.17) is 14.2 Å². The van der Waals surface area contributed by atoms with E-state index in [0.717, 1.165) is 30.0 Å². The van der Waals surface area contributed by atoms with E-state index in [2.05, 4.69) is 26.1 Å². The van der Waals surface area contributed by atoms with Crippen LogP contribution < -0.4 is 14.8 Å². The van der Waals surface area contributed by atoms with Crippen molar-refractivity contribution in [3.63, 3.8) is 0 Å². The normalized spacial score (nSPS) is 13.8. The van der Waals surface area contributed by atoms with Gasteiger partial charge in [0.1, 0.15) is 11.5 Å². The summed E-state index contributed by atoms with van der Waals surface area (Å²) >= 11 is 0. The van der Waals surface area contributed by atoms with Crippen LogP contribution in [-0.4, -0.2) is 33.5 Å². The lowest BCUT2D eigenvalue weighted by atomic mass is 10.1. The van der Waals surface area contributed by atoms with E-state index in [-0.39, 0.29) is 12.1 Å². The molecular formula is C16H27NO3. The van der Waals surface area contributed by atoms with Crippen LogP contribution in [0.25, 0.3) is 0 Å². The van der Waals surface area contributed by atoms with Crippen LogP contribution in [0.3, 0.4) is 0 Å². The molecule has 0 aromatic heterocycles. The van der Waals surface area contributed by atoms with Gasteiger partial charge >= 0.3 is 0 Å². The molecule has 0 fully saturated rings. The number of methoxy groups -OCH3 is 2. The molecule has 0 radical (unpaired) electrons. The average Bonchev–Trinajstić information content (AvgIpc) is 2.50. The lowest BCUT2D eigenvalue weighted by Gasteiger charge is -2.23. The van der Waals surface area contributed by atoms with Gasteiger partial charge < -0.3 is 19.5 Å². The number of ether oxygens (including phenoxy) is 3.